The van der Waals surface area contributed by atoms with Gasteiger partial charge in [0.15, 0.2) is 0 Å². The maximum atomic E-state index is 2.36. The van der Waals surface area contributed by atoms with Crippen LogP contribution in [0.2, 0.25) is 0 Å². The van der Waals surface area contributed by atoms with Crippen molar-refractivity contribution >= 4 is 39.7 Å². The molecule has 4 heteroatoms. The molecule has 0 fully saturated rings. The van der Waals surface area contributed by atoms with E-state index in [2.05, 4.69) is 54.9 Å². The Kier molecular flexibility index (Phi) is 45.9. The van der Waals surface area contributed by atoms with Gasteiger partial charge in [-0.05, 0) is 36.5 Å². The van der Waals surface area contributed by atoms with Crippen LogP contribution in [0.4, 0.5) is 0 Å². The summed E-state index contributed by atoms with van der Waals surface area (Å²) >= 11 is 7.09. The van der Waals surface area contributed by atoms with Crippen molar-refractivity contribution in [3.8, 4) is 0 Å². The van der Waals surface area contributed by atoms with Gasteiger partial charge in [-0.2, -0.15) is 0 Å². The number of hydrogen-bond acceptors (Lipinski definition) is 3. The largest absolute Gasteiger partial charge is 0.112 e. The first-order valence-corrected chi connectivity index (χ1v) is 27.6. The lowest BCUT2D eigenvalue weighted by Crippen LogP contribution is -1.85. The van der Waals surface area contributed by atoms with Gasteiger partial charge < -0.3 is 0 Å². The first kappa shape index (κ1) is 47.5. The Bertz CT molecular complexity index is 446. The van der Waals surface area contributed by atoms with E-state index in [-0.39, 0.29) is 5.53 Å². The van der Waals surface area contributed by atoms with Crippen molar-refractivity contribution in [1.29, 1.82) is 0 Å². The first-order valence-electron chi connectivity index (χ1n) is 21.5. The van der Waals surface area contributed by atoms with Crippen LogP contribution in [0.1, 0.15) is 252 Å². The minimum Gasteiger partial charge on any atom is -0.112 e. The van der Waals surface area contributed by atoms with Crippen molar-refractivity contribution in [2.24, 2.45) is 0 Å². The van der Waals surface area contributed by atoms with Gasteiger partial charge in [0.1, 0.15) is 0 Å². The smallest absolute Gasteiger partial charge is 0.0729 e. The standard InChI is InChI=1S/C42H87PS3/c1-4-7-10-13-16-19-22-25-28-31-34-37-40-44-43(45-41-38-35-32-29-26-23-20-17-14-11-8-5-2)46-42-39-36-33-30-27-24-21-18-15-12-9-6-3/h4-42H2,1-3H3. The van der Waals surface area contributed by atoms with E-state index < -0.39 is 0 Å². The normalized spacial score (nSPS) is 11.7. The second-order valence-corrected chi connectivity index (χ2v) is 24.5. The summed E-state index contributed by atoms with van der Waals surface area (Å²) in [5, 5.41) is 0. The van der Waals surface area contributed by atoms with E-state index in [0.29, 0.717) is 0 Å². The van der Waals surface area contributed by atoms with E-state index >= 15 is 0 Å². The SMILES string of the molecule is CCCCCCCCCCCCCCSP(SCCCCCCCCCCCCCC)SCCCCCCCCCCCCCC. The third-order valence-corrected chi connectivity index (χ3v) is 20.9. The van der Waals surface area contributed by atoms with Crippen LogP contribution in [0.15, 0.2) is 0 Å². The van der Waals surface area contributed by atoms with Gasteiger partial charge in [-0.3, -0.25) is 0 Å². The fraction of sp³-hybridized carbons (Fsp3) is 1.00. The second-order valence-electron chi connectivity index (χ2n) is 14.4. The third kappa shape index (κ3) is 41.7. The van der Waals surface area contributed by atoms with Gasteiger partial charge in [0.2, 0.25) is 0 Å². The summed E-state index contributed by atoms with van der Waals surface area (Å²) in [6.45, 7) is 6.95. The lowest BCUT2D eigenvalue weighted by molar-refractivity contribution is 0.548. The van der Waals surface area contributed by atoms with E-state index in [0.717, 1.165) is 0 Å². The number of rotatable bonds is 42. The molecule has 0 saturated heterocycles. The lowest BCUT2D eigenvalue weighted by atomic mass is 10.1. The number of unbranched alkanes of at least 4 members (excludes halogenated alkanes) is 33. The monoisotopic (exact) mass is 719 g/mol. The highest BCUT2D eigenvalue weighted by atomic mass is 33.4. The molecule has 0 aliphatic heterocycles. The van der Waals surface area contributed by atoms with Crippen molar-refractivity contribution in [2.75, 3.05) is 17.3 Å². The quantitative estimate of drug-likeness (QED) is 0.0456. The molecular formula is C42H87PS3. The van der Waals surface area contributed by atoms with Crippen LogP contribution in [0.5, 0.6) is 0 Å². The lowest BCUT2D eigenvalue weighted by Gasteiger charge is -2.15. The summed E-state index contributed by atoms with van der Waals surface area (Å²) in [6, 6.07) is 0. The van der Waals surface area contributed by atoms with Gasteiger partial charge in [0, 0.05) is 0 Å². The van der Waals surface area contributed by atoms with Crippen LogP contribution in [0.3, 0.4) is 0 Å². The molecule has 0 N–H and O–H groups in total. The predicted octanol–water partition coefficient (Wildman–Crippen LogP) is 18.5. The van der Waals surface area contributed by atoms with Crippen LogP contribution in [-0.4, -0.2) is 17.3 Å². The summed E-state index contributed by atoms with van der Waals surface area (Å²) in [5.41, 5.74) is 0.0715. The Morgan fingerprint density at radius 2 is 0.370 bits per heavy atom. The van der Waals surface area contributed by atoms with Crippen LogP contribution >= 0.6 is 39.7 Å². The Labute approximate surface area is 307 Å². The van der Waals surface area contributed by atoms with Crippen molar-refractivity contribution in [3.63, 3.8) is 0 Å². The van der Waals surface area contributed by atoms with E-state index in [1.165, 1.54) is 248 Å². The molecule has 0 saturated carbocycles. The van der Waals surface area contributed by atoms with E-state index in [1.54, 1.807) is 0 Å². The van der Waals surface area contributed by atoms with Crippen molar-refractivity contribution in [2.45, 2.75) is 252 Å². The fourth-order valence-electron chi connectivity index (χ4n) is 6.36. The molecule has 0 rings (SSSR count). The maximum Gasteiger partial charge on any atom is 0.0729 e. The van der Waals surface area contributed by atoms with E-state index in [4.69, 9.17) is 0 Å². The molecule has 0 heterocycles. The third-order valence-electron chi connectivity index (χ3n) is 9.58. The maximum absolute atomic E-state index is 2.36. The van der Waals surface area contributed by atoms with Crippen LogP contribution in [0.25, 0.3) is 0 Å². The molecular weight excluding hydrogens is 632 g/mol. The first-order chi connectivity index (χ1) is 22.8. The fourth-order valence-corrected chi connectivity index (χ4v) is 17.2. The van der Waals surface area contributed by atoms with Gasteiger partial charge in [-0.25, -0.2) is 0 Å². The molecule has 0 radical (unpaired) electrons. The Hall–Kier alpha value is 1.48. The molecule has 0 aliphatic rings. The molecule has 0 amide bonds. The molecule has 0 atom stereocenters. The van der Waals surface area contributed by atoms with Crippen molar-refractivity contribution in [3.05, 3.63) is 0 Å². The van der Waals surface area contributed by atoms with Crippen LogP contribution in [0, 0.1) is 0 Å². The average molecular weight is 719 g/mol. The zero-order valence-corrected chi connectivity index (χ0v) is 35.6. The highest BCUT2D eigenvalue weighted by Gasteiger charge is 2.10. The molecule has 0 unspecified atom stereocenters. The summed E-state index contributed by atoms with van der Waals surface area (Å²) in [4.78, 5) is 0. The molecule has 0 spiro atoms. The molecule has 278 valence electrons. The summed E-state index contributed by atoms with van der Waals surface area (Å²) in [5.74, 6) is 4.25. The van der Waals surface area contributed by atoms with Crippen molar-refractivity contribution < 1.29 is 0 Å². The van der Waals surface area contributed by atoms with Gasteiger partial charge in [-0.15, -0.1) is 34.1 Å². The zero-order chi connectivity index (χ0) is 33.3. The van der Waals surface area contributed by atoms with E-state index in [9.17, 15) is 0 Å². The minimum atomic E-state index is 0.0715. The van der Waals surface area contributed by atoms with Gasteiger partial charge in [0.05, 0.1) is 5.53 Å². The van der Waals surface area contributed by atoms with Gasteiger partial charge in [0.25, 0.3) is 0 Å². The Morgan fingerprint density at radius 3 is 0.543 bits per heavy atom. The molecule has 0 aromatic heterocycles. The summed E-state index contributed by atoms with van der Waals surface area (Å²) in [6.07, 6.45) is 52.7. The summed E-state index contributed by atoms with van der Waals surface area (Å²) < 4.78 is 0. The van der Waals surface area contributed by atoms with Crippen molar-refractivity contribution in [1.82, 2.24) is 0 Å². The van der Waals surface area contributed by atoms with Gasteiger partial charge in [-0.1, -0.05) is 233 Å². The molecule has 0 aromatic carbocycles. The molecule has 0 nitrogen and oxygen atoms in total. The molecule has 0 aliphatic carbocycles. The minimum absolute atomic E-state index is 0.0715. The topological polar surface area (TPSA) is 0 Å². The molecule has 0 bridgehead atoms. The molecule has 46 heavy (non-hydrogen) atoms. The zero-order valence-electron chi connectivity index (χ0n) is 32.2. The van der Waals surface area contributed by atoms with Crippen LogP contribution in [-0.2, 0) is 0 Å². The predicted molar refractivity (Wildman–Crippen MR) is 228 cm³/mol. The van der Waals surface area contributed by atoms with E-state index in [1.807, 2.05) is 0 Å². The highest BCUT2D eigenvalue weighted by molar-refractivity contribution is 9.12. The Morgan fingerprint density at radius 1 is 0.217 bits per heavy atom. The summed E-state index contributed by atoms with van der Waals surface area (Å²) in [7, 11) is 0. The Balaban J connectivity index is 3.91. The highest BCUT2D eigenvalue weighted by Crippen LogP contribution is 2.70. The molecule has 0 aromatic rings. The second kappa shape index (κ2) is 44.5. The average Bonchev–Trinajstić information content (AvgIpc) is 3.07. The van der Waals surface area contributed by atoms with Gasteiger partial charge >= 0.3 is 0 Å². The van der Waals surface area contributed by atoms with Crippen LogP contribution < -0.4 is 0 Å². The number of hydrogen-bond donors (Lipinski definition) is 0.